The van der Waals surface area contributed by atoms with Crippen LogP contribution in [0, 0.1) is 18.6 Å². The first-order chi connectivity index (χ1) is 15.3. The maximum Gasteiger partial charge on any atom is 0.261 e. The average molecular weight is 433 g/mol. The molecule has 1 fully saturated rings. The van der Waals surface area contributed by atoms with Crippen LogP contribution in [0.5, 0.6) is 5.75 Å². The Morgan fingerprint density at radius 3 is 2.31 bits per heavy atom. The molecule has 1 N–H and O–H groups in total. The number of carbonyl (C=O) groups excluding carboxylic acids is 2. The predicted octanol–water partition coefficient (Wildman–Crippen LogP) is 6.08. The summed E-state index contributed by atoms with van der Waals surface area (Å²) in [6, 6.07) is 14.0. The van der Waals surface area contributed by atoms with Gasteiger partial charge in [0.1, 0.15) is 28.5 Å². The number of benzene rings is 3. The Morgan fingerprint density at radius 2 is 1.69 bits per heavy atom. The van der Waals surface area contributed by atoms with Crippen molar-refractivity contribution in [2.75, 3.05) is 5.32 Å². The Hall–Kier alpha value is -3.54. The molecule has 1 aliphatic carbocycles. The molecule has 0 saturated heterocycles. The van der Waals surface area contributed by atoms with Crippen molar-refractivity contribution in [1.29, 1.82) is 0 Å². The van der Waals surface area contributed by atoms with Crippen LogP contribution in [0.2, 0.25) is 0 Å². The molecule has 1 aliphatic heterocycles. The molecule has 4 nitrogen and oxygen atoms in total. The molecule has 1 amide bonds. The number of hydrogen-bond acceptors (Lipinski definition) is 3. The van der Waals surface area contributed by atoms with Gasteiger partial charge in [0, 0.05) is 5.69 Å². The van der Waals surface area contributed by atoms with E-state index >= 15 is 0 Å². The normalized spacial score (nSPS) is 16.2. The Morgan fingerprint density at radius 1 is 1.00 bits per heavy atom. The lowest BCUT2D eigenvalue weighted by Crippen LogP contribution is -2.47. The number of ether oxygens (including phenoxy) is 1. The summed E-state index contributed by atoms with van der Waals surface area (Å²) in [4.78, 5) is 24.9. The molecule has 1 spiro atoms. The Labute approximate surface area is 184 Å². The van der Waals surface area contributed by atoms with E-state index in [1.807, 2.05) is 31.2 Å². The van der Waals surface area contributed by atoms with Crippen LogP contribution in [0.15, 0.2) is 54.6 Å². The van der Waals surface area contributed by atoms with Crippen molar-refractivity contribution in [3.05, 3.63) is 82.9 Å². The molecule has 0 unspecified atom stereocenters. The van der Waals surface area contributed by atoms with Crippen molar-refractivity contribution < 1.29 is 23.1 Å². The number of aryl methyl sites for hydroxylation is 1. The van der Waals surface area contributed by atoms with Crippen LogP contribution >= 0.6 is 0 Å². The van der Waals surface area contributed by atoms with E-state index in [9.17, 15) is 18.4 Å². The first kappa shape index (κ1) is 20.4. The minimum absolute atomic E-state index is 0.124. The first-order valence-electron chi connectivity index (χ1n) is 10.6. The number of Topliss-reactive ketones (excluding diaryl/α,β-unsaturated/α-hetero) is 1. The SMILES string of the molecule is Cc1cc2c(cc1-c1ccc(NC(=O)c3c(F)cccc3F)cc1)OC1(CCC1)CC2=O. The second-order valence-corrected chi connectivity index (χ2v) is 8.53. The highest BCUT2D eigenvalue weighted by molar-refractivity contribution is 6.05. The fraction of sp³-hybridized carbons (Fsp3) is 0.231. The maximum absolute atomic E-state index is 13.8. The topological polar surface area (TPSA) is 55.4 Å². The summed E-state index contributed by atoms with van der Waals surface area (Å²) in [5.41, 5.74) is 2.82. The monoisotopic (exact) mass is 433 g/mol. The molecule has 5 rings (SSSR count). The van der Waals surface area contributed by atoms with Gasteiger partial charge in [-0.15, -0.1) is 0 Å². The van der Waals surface area contributed by atoms with Gasteiger partial charge in [0.15, 0.2) is 5.78 Å². The number of fused-ring (bicyclic) bond motifs is 1. The molecule has 0 bridgehead atoms. The lowest BCUT2D eigenvalue weighted by Gasteiger charge is -2.44. The lowest BCUT2D eigenvalue weighted by molar-refractivity contribution is -0.0177. The van der Waals surface area contributed by atoms with Crippen LogP contribution in [-0.4, -0.2) is 17.3 Å². The molecule has 162 valence electrons. The summed E-state index contributed by atoms with van der Waals surface area (Å²) in [6.07, 6.45) is 3.32. The summed E-state index contributed by atoms with van der Waals surface area (Å²) >= 11 is 0. The molecule has 1 saturated carbocycles. The molecular weight excluding hydrogens is 412 g/mol. The predicted molar refractivity (Wildman–Crippen MR) is 117 cm³/mol. The van der Waals surface area contributed by atoms with Crippen molar-refractivity contribution >= 4 is 17.4 Å². The number of anilines is 1. The van der Waals surface area contributed by atoms with Crippen LogP contribution in [0.4, 0.5) is 14.5 Å². The lowest BCUT2D eigenvalue weighted by atomic mass is 9.74. The summed E-state index contributed by atoms with van der Waals surface area (Å²) in [7, 11) is 0. The molecule has 3 aromatic carbocycles. The van der Waals surface area contributed by atoms with E-state index in [0.717, 1.165) is 48.1 Å². The summed E-state index contributed by atoms with van der Waals surface area (Å²) in [6.45, 7) is 1.94. The molecular formula is C26H21F2NO3. The van der Waals surface area contributed by atoms with Gasteiger partial charge in [-0.2, -0.15) is 0 Å². The minimum atomic E-state index is -0.914. The standard InChI is InChI=1S/C26H21F2NO3/c1-15-12-19-22(30)14-26(10-3-11-26)32-23(19)13-18(15)16-6-8-17(9-7-16)29-25(31)24-20(27)4-2-5-21(24)28/h2,4-9,12-13H,3,10-11,14H2,1H3,(H,29,31). The van der Waals surface area contributed by atoms with Gasteiger partial charge < -0.3 is 10.1 Å². The van der Waals surface area contributed by atoms with Crippen molar-refractivity contribution in [2.45, 2.75) is 38.2 Å². The average Bonchev–Trinajstić information content (AvgIpc) is 2.73. The molecule has 0 radical (unpaired) electrons. The smallest absolute Gasteiger partial charge is 0.261 e. The quantitative estimate of drug-likeness (QED) is 0.545. The third-order valence-electron chi connectivity index (χ3n) is 6.34. The zero-order valence-electron chi connectivity index (χ0n) is 17.5. The van der Waals surface area contributed by atoms with E-state index < -0.39 is 23.1 Å². The number of rotatable bonds is 3. The number of halogens is 2. The second-order valence-electron chi connectivity index (χ2n) is 8.53. The number of hydrogen-bond donors (Lipinski definition) is 1. The largest absolute Gasteiger partial charge is 0.486 e. The highest BCUT2D eigenvalue weighted by Crippen LogP contribution is 2.46. The fourth-order valence-electron chi connectivity index (χ4n) is 4.45. The number of carbonyl (C=O) groups is 2. The molecule has 1 heterocycles. The van der Waals surface area contributed by atoms with Gasteiger partial charge in [0.2, 0.25) is 0 Å². The highest BCUT2D eigenvalue weighted by Gasteiger charge is 2.45. The molecule has 6 heteroatoms. The van der Waals surface area contributed by atoms with Crippen molar-refractivity contribution in [2.24, 2.45) is 0 Å². The number of ketones is 1. The van der Waals surface area contributed by atoms with E-state index in [4.69, 9.17) is 4.74 Å². The van der Waals surface area contributed by atoms with Crippen molar-refractivity contribution in [3.8, 4) is 16.9 Å². The maximum atomic E-state index is 13.8. The van der Waals surface area contributed by atoms with Crippen LogP contribution in [0.1, 0.15) is 52.0 Å². The molecule has 3 aromatic rings. The number of amides is 1. The van der Waals surface area contributed by atoms with Gasteiger partial charge >= 0.3 is 0 Å². The Bertz CT molecular complexity index is 1230. The zero-order valence-corrected chi connectivity index (χ0v) is 17.5. The van der Waals surface area contributed by atoms with Crippen LogP contribution in [0.25, 0.3) is 11.1 Å². The van der Waals surface area contributed by atoms with E-state index in [1.165, 1.54) is 6.07 Å². The molecule has 32 heavy (non-hydrogen) atoms. The van der Waals surface area contributed by atoms with Gasteiger partial charge in [-0.05, 0) is 79.3 Å². The van der Waals surface area contributed by atoms with Crippen molar-refractivity contribution in [3.63, 3.8) is 0 Å². The van der Waals surface area contributed by atoms with Gasteiger partial charge in [-0.1, -0.05) is 18.2 Å². The van der Waals surface area contributed by atoms with Crippen LogP contribution < -0.4 is 10.1 Å². The fourth-order valence-corrected chi connectivity index (χ4v) is 4.45. The number of nitrogens with one attached hydrogen (secondary N) is 1. The molecule has 2 aliphatic rings. The highest BCUT2D eigenvalue weighted by atomic mass is 19.1. The summed E-state index contributed by atoms with van der Waals surface area (Å²) in [5.74, 6) is -1.94. The van der Waals surface area contributed by atoms with E-state index in [-0.39, 0.29) is 11.4 Å². The zero-order chi connectivity index (χ0) is 22.5. The van der Waals surface area contributed by atoms with Crippen LogP contribution in [0.3, 0.4) is 0 Å². The van der Waals surface area contributed by atoms with Gasteiger partial charge in [-0.25, -0.2) is 8.78 Å². The Balaban J connectivity index is 1.40. The second kappa shape index (κ2) is 7.55. The molecule has 0 aromatic heterocycles. The minimum Gasteiger partial charge on any atom is -0.486 e. The van der Waals surface area contributed by atoms with E-state index in [1.54, 1.807) is 12.1 Å². The van der Waals surface area contributed by atoms with Gasteiger partial charge in [0.05, 0.1) is 12.0 Å². The third kappa shape index (κ3) is 3.45. The van der Waals surface area contributed by atoms with Crippen LogP contribution in [-0.2, 0) is 0 Å². The third-order valence-corrected chi connectivity index (χ3v) is 6.34. The van der Waals surface area contributed by atoms with Gasteiger partial charge in [0.25, 0.3) is 5.91 Å². The first-order valence-corrected chi connectivity index (χ1v) is 10.6. The summed E-state index contributed by atoms with van der Waals surface area (Å²) < 4.78 is 33.9. The van der Waals surface area contributed by atoms with E-state index in [2.05, 4.69) is 5.32 Å². The molecule has 0 atom stereocenters. The Kier molecular flexibility index (Phi) is 4.81. The summed E-state index contributed by atoms with van der Waals surface area (Å²) in [5, 5.41) is 2.53. The van der Waals surface area contributed by atoms with Gasteiger partial charge in [-0.3, -0.25) is 9.59 Å². The van der Waals surface area contributed by atoms with E-state index in [0.29, 0.717) is 23.4 Å². The van der Waals surface area contributed by atoms with Crippen molar-refractivity contribution in [1.82, 2.24) is 0 Å².